The van der Waals surface area contributed by atoms with Crippen LogP contribution in [0.3, 0.4) is 0 Å². The molecule has 1 atom stereocenters. The van der Waals surface area contributed by atoms with E-state index in [4.69, 9.17) is 15.2 Å². The molecular formula is C19H26IN3O2. The molecule has 0 heterocycles. The maximum atomic E-state index is 5.97. The number of benzene rings is 2. The molecule has 0 aliphatic rings. The summed E-state index contributed by atoms with van der Waals surface area (Å²) in [5.74, 6) is 1.98. The number of aliphatic imine (C=N–C) groups is 1. The van der Waals surface area contributed by atoms with Gasteiger partial charge in [0.15, 0.2) is 5.96 Å². The minimum Gasteiger partial charge on any atom is -0.457 e. The molecule has 0 fully saturated rings. The lowest BCUT2D eigenvalue weighted by Gasteiger charge is -2.14. The Labute approximate surface area is 166 Å². The number of para-hydroxylation sites is 1. The first-order valence-electron chi connectivity index (χ1n) is 7.96. The maximum Gasteiger partial charge on any atom is 0.189 e. The number of methoxy groups -OCH3 is 1. The summed E-state index contributed by atoms with van der Waals surface area (Å²) in [7, 11) is 1.66. The van der Waals surface area contributed by atoms with Crippen molar-refractivity contribution in [2.45, 2.75) is 26.4 Å². The Morgan fingerprint density at radius 3 is 2.52 bits per heavy atom. The average Bonchev–Trinajstić information content (AvgIpc) is 2.56. The lowest BCUT2D eigenvalue weighted by atomic mass is 10.2. The van der Waals surface area contributed by atoms with Gasteiger partial charge in [-0.25, -0.2) is 4.99 Å². The van der Waals surface area contributed by atoms with Gasteiger partial charge in [-0.3, -0.25) is 0 Å². The van der Waals surface area contributed by atoms with Crippen molar-refractivity contribution in [3.8, 4) is 11.5 Å². The molecule has 3 N–H and O–H groups in total. The third kappa shape index (κ3) is 7.31. The SMILES string of the molecule is COCC(C)NC(N)=NCc1ccccc1Oc1ccc(C)cc1.I. The van der Waals surface area contributed by atoms with E-state index in [1.54, 1.807) is 7.11 Å². The Morgan fingerprint density at radius 2 is 1.84 bits per heavy atom. The number of hydrogen-bond donors (Lipinski definition) is 2. The van der Waals surface area contributed by atoms with Crippen LogP contribution in [0, 0.1) is 6.92 Å². The lowest BCUT2D eigenvalue weighted by molar-refractivity contribution is 0.179. The van der Waals surface area contributed by atoms with Crippen molar-refractivity contribution < 1.29 is 9.47 Å². The third-order valence-electron chi connectivity index (χ3n) is 3.45. The Morgan fingerprint density at radius 1 is 1.16 bits per heavy atom. The molecule has 0 aliphatic carbocycles. The second-order valence-electron chi connectivity index (χ2n) is 5.73. The van der Waals surface area contributed by atoms with E-state index in [9.17, 15) is 0 Å². The van der Waals surface area contributed by atoms with E-state index in [0.29, 0.717) is 19.1 Å². The molecule has 0 saturated carbocycles. The number of nitrogens with one attached hydrogen (secondary N) is 1. The molecule has 0 saturated heterocycles. The van der Waals surface area contributed by atoms with Gasteiger partial charge < -0.3 is 20.5 Å². The van der Waals surface area contributed by atoms with E-state index in [2.05, 4.69) is 10.3 Å². The van der Waals surface area contributed by atoms with E-state index < -0.39 is 0 Å². The predicted octanol–water partition coefficient (Wildman–Crippen LogP) is 3.84. The number of nitrogens with zero attached hydrogens (tertiary/aromatic N) is 1. The molecule has 0 aliphatic heterocycles. The fourth-order valence-corrected chi connectivity index (χ4v) is 2.23. The van der Waals surface area contributed by atoms with Crippen LogP contribution in [0.1, 0.15) is 18.1 Å². The molecule has 2 aromatic rings. The van der Waals surface area contributed by atoms with Crippen molar-refractivity contribution >= 4 is 29.9 Å². The molecule has 0 radical (unpaired) electrons. The zero-order chi connectivity index (χ0) is 17.4. The largest absolute Gasteiger partial charge is 0.457 e. The normalized spacial score (nSPS) is 12.2. The van der Waals surface area contributed by atoms with Gasteiger partial charge >= 0.3 is 0 Å². The van der Waals surface area contributed by atoms with Crippen LogP contribution < -0.4 is 15.8 Å². The second-order valence-corrected chi connectivity index (χ2v) is 5.73. The molecule has 0 aromatic heterocycles. The monoisotopic (exact) mass is 455 g/mol. The minimum absolute atomic E-state index is 0. The van der Waals surface area contributed by atoms with Gasteiger partial charge in [-0.2, -0.15) is 0 Å². The zero-order valence-corrected chi connectivity index (χ0v) is 17.2. The fourth-order valence-electron chi connectivity index (χ4n) is 2.23. The molecular weight excluding hydrogens is 429 g/mol. The predicted molar refractivity (Wildman–Crippen MR) is 113 cm³/mol. The Hall–Kier alpha value is -1.80. The molecule has 0 bridgehead atoms. The van der Waals surface area contributed by atoms with Crippen LogP contribution in [0.2, 0.25) is 0 Å². The number of halogens is 1. The van der Waals surface area contributed by atoms with Crippen LogP contribution in [0.15, 0.2) is 53.5 Å². The maximum absolute atomic E-state index is 5.97. The number of nitrogens with two attached hydrogens (primary N) is 1. The zero-order valence-electron chi connectivity index (χ0n) is 14.9. The highest BCUT2D eigenvalue weighted by Crippen LogP contribution is 2.26. The van der Waals surface area contributed by atoms with E-state index >= 15 is 0 Å². The summed E-state index contributed by atoms with van der Waals surface area (Å²) in [6.07, 6.45) is 0. The summed E-state index contributed by atoms with van der Waals surface area (Å²) in [6.45, 7) is 5.05. The highest BCUT2D eigenvalue weighted by molar-refractivity contribution is 14.0. The summed E-state index contributed by atoms with van der Waals surface area (Å²) < 4.78 is 11.0. The van der Waals surface area contributed by atoms with Crippen molar-refractivity contribution in [2.75, 3.05) is 13.7 Å². The standard InChI is InChI=1S/C19H25N3O2.HI/c1-14-8-10-17(11-9-14)24-18-7-5-4-6-16(18)12-21-19(20)22-15(2)13-23-3;/h4-11,15H,12-13H2,1-3H3,(H3,20,21,22);1H. The molecule has 1 unspecified atom stereocenters. The molecule has 136 valence electrons. The first-order valence-corrected chi connectivity index (χ1v) is 7.96. The third-order valence-corrected chi connectivity index (χ3v) is 3.45. The number of rotatable bonds is 7. The molecule has 0 amide bonds. The summed E-state index contributed by atoms with van der Waals surface area (Å²) in [5.41, 5.74) is 8.09. The highest BCUT2D eigenvalue weighted by atomic mass is 127. The van der Waals surface area contributed by atoms with E-state index in [0.717, 1.165) is 17.1 Å². The summed E-state index contributed by atoms with van der Waals surface area (Å²) in [4.78, 5) is 4.38. The average molecular weight is 455 g/mol. The van der Waals surface area contributed by atoms with Crippen LogP contribution in [0.25, 0.3) is 0 Å². The number of hydrogen-bond acceptors (Lipinski definition) is 3. The molecule has 5 nitrogen and oxygen atoms in total. The van der Waals surface area contributed by atoms with Crippen LogP contribution in [0.5, 0.6) is 11.5 Å². The lowest BCUT2D eigenvalue weighted by Crippen LogP contribution is -2.40. The fraction of sp³-hybridized carbons (Fsp3) is 0.316. The van der Waals surface area contributed by atoms with Crippen molar-refractivity contribution in [3.63, 3.8) is 0 Å². The van der Waals surface area contributed by atoms with Gasteiger partial charge in [0.1, 0.15) is 11.5 Å². The molecule has 2 rings (SSSR count). The van der Waals surface area contributed by atoms with E-state index in [-0.39, 0.29) is 30.0 Å². The summed E-state index contributed by atoms with van der Waals surface area (Å²) >= 11 is 0. The van der Waals surface area contributed by atoms with Crippen LogP contribution in [-0.4, -0.2) is 25.7 Å². The van der Waals surface area contributed by atoms with Crippen molar-refractivity contribution in [2.24, 2.45) is 10.7 Å². The van der Waals surface area contributed by atoms with E-state index in [1.807, 2.05) is 62.4 Å². The van der Waals surface area contributed by atoms with Gasteiger partial charge in [0.2, 0.25) is 0 Å². The van der Waals surface area contributed by atoms with Gasteiger partial charge in [0, 0.05) is 18.7 Å². The van der Waals surface area contributed by atoms with E-state index in [1.165, 1.54) is 5.56 Å². The number of aryl methyl sites for hydroxylation is 1. The van der Waals surface area contributed by atoms with Crippen LogP contribution in [0.4, 0.5) is 0 Å². The molecule has 25 heavy (non-hydrogen) atoms. The second kappa shape index (κ2) is 10.9. The van der Waals surface area contributed by atoms with Gasteiger partial charge in [-0.15, -0.1) is 24.0 Å². The van der Waals surface area contributed by atoms with Gasteiger partial charge in [-0.05, 0) is 32.0 Å². The van der Waals surface area contributed by atoms with Crippen LogP contribution >= 0.6 is 24.0 Å². The molecule has 6 heteroatoms. The first-order chi connectivity index (χ1) is 11.6. The van der Waals surface area contributed by atoms with Gasteiger partial charge in [0.05, 0.1) is 13.2 Å². The Balaban J connectivity index is 0.00000312. The highest BCUT2D eigenvalue weighted by Gasteiger charge is 2.05. The topological polar surface area (TPSA) is 68.9 Å². The Bertz CT molecular complexity index is 675. The quantitative estimate of drug-likeness (QED) is 0.378. The minimum atomic E-state index is 0. The number of guanidine groups is 1. The smallest absolute Gasteiger partial charge is 0.189 e. The van der Waals surface area contributed by atoms with Crippen LogP contribution in [-0.2, 0) is 11.3 Å². The molecule has 0 spiro atoms. The summed E-state index contributed by atoms with van der Waals surface area (Å²) in [5, 5.41) is 3.09. The van der Waals surface area contributed by atoms with Gasteiger partial charge in [-0.1, -0.05) is 35.9 Å². The summed E-state index contributed by atoms with van der Waals surface area (Å²) in [6, 6.07) is 15.9. The van der Waals surface area contributed by atoms with Crippen molar-refractivity contribution in [3.05, 3.63) is 59.7 Å². The van der Waals surface area contributed by atoms with Crippen molar-refractivity contribution in [1.29, 1.82) is 0 Å². The van der Waals surface area contributed by atoms with Gasteiger partial charge in [0.25, 0.3) is 0 Å². The number of ether oxygens (including phenoxy) is 2. The Kier molecular flexibility index (Phi) is 9.30. The molecule has 2 aromatic carbocycles. The van der Waals surface area contributed by atoms with Crippen molar-refractivity contribution in [1.82, 2.24) is 5.32 Å². The first kappa shape index (κ1) is 21.2.